The molecule has 4 saturated carbocycles. The van der Waals surface area contributed by atoms with Crippen LogP contribution >= 0.6 is 0 Å². The first-order chi connectivity index (χ1) is 13.3. The van der Waals surface area contributed by atoms with Crippen LogP contribution in [0.1, 0.15) is 46.0 Å². The minimum atomic E-state index is -1.27. The van der Waals surface area contributed by atoms with E-state index in [0.29, 0.717) is 12.8 Å². The second-order valence-corrected chi connectivity index (χ2v) is 10.6. The summed E-state index contributed by atoms with van der Waals surface area (Å²) in [5, 5.41) is 12.0. The predicted molar refractivity (Wildman–Crippen MR) is 99.3 cm³/mol. The van der Waals surface area contributed by atoms with Gasteiger partial charge in [0.2, 0.25) is 0 Å². The van der Waals surface area contributed by atoms with Gasteiger partial charge in [0, 0.05) is 31.0 Å². The molecule has 1 N–H and O–H groups in total. The lowest BCUT2D eigenvalue weighted by atomic mass is 9.42. The van der Waals surface area contributed by atoms with Gasteiger partial charge in [-0.1, -0.05) is 13.8 Å². The number of esters is 1. The molecule has 3 saturated heterocycles. The molecule has 0 aromatic heterocycles. The number of hydrogen-bond donors (Lipinski definition) is 1. The van der Waals surface area contributed by atoms with Crippen LogP contribution in [0.3, 0.4) is 0 Å². The molecule has 154 valence electrons. The summed E-state index contributed by atoms with van der Waals surface area (Å²) >= 11 is 0. The van der Waals surface area contributed by atoms with Gasteiger partial charge in [-0.2, -0.15) is 0 Å². The molecule has 10 unspecified atom stereocenters. The van der Waals surface area contributed by atoms with Gasteiger partial charge in [0.1, 0.15) is 11.9 Å². The van der Waals surface area contributed by atoms with E-state index < -0.39 is 17.4 Å². The molecule has 1 spiro atoms. The summed E-state index contributed by atoms with van der Waals surface area (Å²) in [6.45, 7) is 6.18. The van der Waals surface area contributed by atoms with Crippen LogP contribution in [0.15, 0.2) is 0 Å². The standard InChI is InChI=1S/C22H31NO5/c1-4-23-10-20(2)7-6-13(27-3)22-12-9-11-5-8-21(26,14(12)19(25)28-11)15(18(22)23)16(24)17(20)22/h11-15,17-18,26H,4-10H2,1-3H3. The Morgan fingerprint density at radius 3 is 2.75 bits per heavy atom. The van der Waals surface area contributed by atoms with E-state index in [4.69, 9.17) is 9.47 Å². The van der Waals surface area contributed by atoms with Gasteiger partial charge in [0.15, 0.2) is 0 Å². The zero-order valence-electron chi connectivity index (χ0n) is 17.0. The van der Waals surface area contributed by atoms with E-state index in [9.17, 15) is 14.7 Å². The van der Waals surface area contributed by atoms with Gasteiger partial charge in [0.25, 0.3) is 0 Å². The largest absolute Gasteiger partial charge is 0.462 e. The van der Waals surface area contributed by atoms with Crippen molar-refractivity contribution in [2.45, 2.75) is 69.8 Å². The number of carbonyl (C=O) groups excluding carboxylic acids is 2. The normalized spacial score (nSPS) is 59.2. The first kappa shape index (κ1) is 17.8. The van der Waals surface area contributed by atoms with Crippen molar-refractivity contribution in [1.29, 1.82) is 0 Å². The van der Waals surface area contributed by atoms with E-state index in [-0.39, 0.29) is 52.7 Å². The lowest BCUT2D eigenvalue weighted by Gasteiger charge is -2.68. The van der Waals surface area contributed by atoms with Gasteiger partial charge in [-0.05, 0) is 50.0 Å². The Kier molecular flexibility index (Phi) is 3.31. The van der Waals surface area contributed by atoms with Gasteiger partial charge >= 0.3 is 5.97 Å². The Bertz CT molecular complexity index is 770. The van der Waals surface area contributed by atoms with Crippen molar-refractivity contribution in [3.8, 4) is 0 Å². The number of carbonyl (C=O) groups is 2. The second kappa shape index (κ2) is 5.19. The van der Waals surface area contributed by atoms with Crippen LogP contribution in [0.25, 0.3) is 0 Å². The maximum absolute atomic E-state index is 14.1. The predicted octanol–water partition coefficient (Wildman–Crippen LogP) is 1.39. The molecule has 9 bridgehead atoms. The number of fused-ring (bicyclic) bond motifs is 2. The first-order valence-corrected chi connectivity index (χ1v) is 11.1. The summed E-state index contributed by atoms with van der Waals surface area (Å²) in [5.74, 6) is -1.32. The van der Waals surface area contributed by atoms with Crippen molar-refractivity contribution >= 4 is 11.8 Å². The van der Waals surface area contributed by atoms with E-state index in [0.717, 1.165) is 32.4 Å². The van der Waals surface area contributed by atoms with E-state index in [1.807, 2.05) is 0 Å². The van der Waals surface area contributed by atoms with Gasteiger partial charge < -0.3 is 14.6 Å². The van der Waals surface area contributed by atoms with Crippen LogP contribution in [0.4, 0.5) is 0 Å². The molecular formula is C22H31NO5. The first-order valence-electron chi connectivity index (χ1n) is 11.1. The highest BCUT2D eigenvalue weighted by Gasteiger charge is 2.84. The van der Waals surface area contributed by atoms with Crippen molar-refractivity contribution in [2.75, 3.05) is 20.2 Å². The maximum Gasteiger partial charge on any atom is 0.312 e. The average Bonchev–Trinajstić information content (AvgIpc) is 2.73. The number of rotatable bonds is 2. The van der Waals surface area contributed by atoms with E-state index in [1.165, 1.54) is 0 Å². The summed E-state index contributed by atoms with van der Waals surface area (Å²) in [6, 6.07) is -0.0239. The molecule has 3 aliphatic heterocycles. The Morgan fingerprint density at radius 2 is 2.04 bits per heavy atom. The van der Waals surface area contributed by atoms with Crippen LogP contribution in [0, 0.1) is 34.5 Å². The quantitative estimate of drug-likeness (QED) is 0.720. The smallest absolute Gasteiger partial charge is 0.312 e. The summed E-state index contributed by atoms with van der Waals surface area (Å²) in [6.07, 6.45) is 3.63. The molecule has 0 aromatic carbocycles. The SMILES string of the molecule is CCN1CC2(C)CCC(OC)C34C5CC6CCC(O)(C5C(=O)O6)C(C(=O)C23)C14. The molecule has 7 rings (SSSR count). The van der Waals surface area contributed by atoms with Crippen LogP contribution in [0.5, 0.6) is 0 Å². The summed E-state index contributed by atoms with van der Waals surface area (Å²) in [7, 11) is 1.76. The second-order valence-electron chi connectivity index (χ2n) is 10.6. The summed E-state index contributed by atoms with van der Waals surface area (Å²) in [5.41, 5.74) is -1.76. The Hall–Kier alpha value is -0.980. The number of ether oxygens (including phenoxy) is 2. The average molecular weight is 389 g/mol. The third kappa shape index (κ3) is 1.63. The van der Waals surface area contributed by atoms with Gasteiger partial charge in [-0.25, -0.2) is 0 Å². The van der Waals surface area contributed by atoms with Crippen LogP contribution in [-0.4, -0.2) is 65.8 Å². The van der Waals surface area contributed by atoms with Crippen molar-refractivity contribution in [3.05, 3.63) is 0 Å². The number of piperidine rings is 1. The fourth-order valence-corrected chi connectivity index (χ4v) is 9.29. The topological polar surface area (TPSA) is 76.1 Å². The molecule has 4 aliphatic carbocycles. The minimum Gasteiger partial charge on any atom is -0.462 e. The third-order valence-electron chi connectivity index (χ3n) is 9.84. The fraction of sp³-hybridized carbons (Fsp3) is 0.909. The van der Waals surface area contributed by atoms with E-state index in [2.05, 4.69) is 18.7 Å². The number of ketones is 1. The monoisotopic (exact) mass is 389 g/mol. The molecule has 3 heterocycles. The molecule has 6 heteroatoms. The maximum atomic E-state index is 14.1. The minimum absolute atomic E-state index is 0.0239. The third-order valence-corrected chi connectivity index (χ3v) is 9.84. The summed E-state index contributed by atoms with van der Waals surface area (Å²) in [4.78, 5) is 29.6. The molecule has 0 amide bonds. The van der Waals surface area contributed by atoms with Gasteiger partial charge in [0.05, 0.1) is 23.5 Å². The highest BCUT2D eigenvalue weighted by molar-refractivity contribution is 5.94. The Balaban J connectivity index is 1.67. The fourth-order valence-electron chi connectivity index (χ4n) is 9.29. The number of hydrogen-bond acceptors (Lipinski definition) is 6. The zero-order valence-corrected chi connectivity index (χ0v) is 17.0. The van der Waals surface area contributed by atoms with Crippen molar-refractivity contribution in [3.63, 3.8) is 0 Å². The highest BCUT2D eigenvalue weighted by atomic mass is 16.5. The van der Waals surface area contributed by atoms with Crippen molar-refractivity contribution < 1.29 is 24.2 Å². The van der Waals surface area contributed by atoms with Crippen LogP contribution in [-0.2, 0) is 19.1 Å². The molecule has 10 atom stereocenters. The summed E-state index contributed by atoms with van der Waals surface area (Å²) < 4.78 is 11.8. The highest BCUT2D eigenvalue weighted by Crippen LogP contribution is 2.75. The number of likely N-dealkylation sites (tertiary alicyclic amines) is 1. The molecule has 6 nitrogen and oxygen atoms in total. The van der Waals surface area contributed by atoms with E-state index >= 15 is 0 Å². The Morgan fingerprint density at radius 1 is 1.25 bits per heavy atom. The number of Topliss-reactive ketones (excluding diaryl/α,β-unsaturated/α-hetero) is 1. The van der Waals surface area contributed by atoms with Crippen molar-refractivity contribution in [2.24, 2.45) is 34.5 Å². The molecule has 7 aliphatic rings. The van der Waals surface area contributed by atoms with Crippen LogP contribution in [0.2, 0.25) is 0 Å². The number of nitrogens with zero attached hydrogens (tertiary/aromatic N) is 1. The van der Waals surface area contributed by atoms with Crippen LogP contribution < -0.4 is 0 Å². The van der Waals surface area contributed by atoms with Crippen molar-refractivity contribution in [1.82, 2.24) is 4.90 Å². The molecule has 0 radical (unpaired) electrons. The van der Waals surface area contributed by atoms with E-state index in [1.54, 1.807) is 7.11 Å². The molecular weight excluding hydrogens is 358 g/mol. The zero-order chi connectivity index (χ0) is 19.6. The molecule has 0 aromatic rings. The lowest BCUT2D eigenvalue weighted by Crippen LogP contribution is -2.76. The van der Waals surface area contributed by atoms with Gasteiger partial charge in [-0.3, -0.25) is 14.5 Å². The molecule has 28 heavy (non-hydrogen) atoms. The Labute approximate surface area is 165 Å². The molecule has 7 fully saturated rings. The number of aliphatic hydroxyl groups is 1. The number of methoxy groups -OCH3 is 1. The lowest BCUT2D eigenvalue weighted by molar-refractivity contribution is -0.268. The van der Waals surface area contributed by atoms with Gasteiger partial charge in [-0.15, -0.1) is 0 Å².